The topological polar surface area (TPSA) is 54.8 Å². The Labute approximate surface area is 123 Å². The summed E-state index contributed by atoms with van der Waals surface area (Å²) in [5.41, 5.74) is 2.00. The van der Waals surface area contributed by atoms with Crippen LogP contribution in [-0.2, 0) is 13.1 Å². The monoisotopic (exact) mass is 289 g/mol. The van der Waals surface area contributed by atoms with Crippen molar-refractivity contribution in [2.75, 3.05) is 13.1 Å². The third-order valence-electron chi connectivity index (χ3n) is 3.79. The molecule has 1 aliphatic heterocycles. The summed E-state index contributed by atoms with van der Waals surface area (Å²) in [7, 11) is 0. The van der Waals surface area contributed by atoms with Crippen molar-refractivity contribution in [1.29, 1.82) is 0 Å². The molecule has 0 atom stereocenters. The number of aromatic nitrogens is 3. The van der Waals surface area contributed by atoms with Gasteiger partial charge in [-0.25, -0.2) is 9.07 Å². The van der Waals surface area contributed by atoms with Gasteiger partial charge in [-0.2, -0.15) is 0 Å². The summed E-state index contributed by atoms with van der Waals surface area (Å²) in [5, 5.41) is 15.1. The first-order chi connectivity index (χ1) is 10.3. The smallest absolute Gasteiger partial charge is 0.123 e. The lowest BCUT2D eigenvalue weighted by atomic mass is 10.1. The highest BCUT2D eigenvalue weighted by molar-refractivity contribution is 5.15. The number of hydrogen-bond donors (Lipinski definition) is 2. The minimum absolute atomic E-state index is 0.205. The van der Waals surface area contributed by atoms with Gasteiger partial charge in [0.1, 0.15) is 5.82 Å². The minimum Gasteiger partial charge on any atom is -0.317 e. The van der Waals surface area contributed by atoms with Crippen molar-refractivity contribution >= 4 is 0 Å². The average molecular weight is 289 g/mol. The molecule has 1 aromatic carbocycles. The second-order valence-corrected chi connectivity index (χ2v) is 5.40. The molecule has 1 saturated heterocycles. The molecular formula is C15H20FN5. The van der Waals surface area contributed by atoms with E-state index < -0.39 is 0 Å². The van der Waals surface area contributed by atoms with Crippen molar-refractivity contribution in [3.63, 3.8) is 0 Å². The molecule has 112 valence electrons. The largest absolute Gasteiger partial charge is 0.317 e. The zero-order valence-electron chi connectivity index (χ0n) is 11.9. The highest BCUT2D eigenvalue weighted by Gasteiger charge is 2.16. The van der Waals surface area contributed by atoms with E-state index in [1.54, 1.807) is 12.1 Å². The second kappa shape index (κ2) is 6.78. The Bertz CT molecular complexity index is 560. The van der Waals surface area contributed by atoms with Crippen LogP contribution in [0.2, 0.25) is 0 Å². The molecule has 0 spiro atoms. The first kappa shape index (κ1) is 14.2. The quantitative estimate of drug-likeness (QED) is 0.878. The normalized spacial score (nSPS) is 16.2. The van der Waals surface area contributed by atoms with Gasteiger partial charge in [-0.05, 0) is 43.6 Å². The van der Waals surface area contributed by atoms with E-state index in [-0.39, 0.29) is 5.82 Å². The van der Waals surface area contributed by atoms with Gasteiger partial charge >= 0.3 is 0 Å². The van der Waals surface area contributed by atoms with Gasteiger partial charge in [-0.3, -0.25) is 0 Å². The second-order valence-electron chi connectivity index (χ2n) is 5.40. The molecule has 0 bridgehead atoms. The Morgan fingerprint density at radius 2 is 1.95 bits per heavy atom. The molecule has 2 aromatic rings. The molecule has 3 rings (SSSR count). The Balaban J connectivity index is 1.49. The van der Waals surface area contributed by atoms with Gasteiger partial charge in [-0.15, -0.1) is 5.10 Å². The number of hydrogen-bond acceptors (Lipinski definition) is 4. The summed E-state index contributed by atoms with van der Waals surface area (Å²) in [6.45, 7) is 3.45. The fraction of sp³-hybridized carbons (Fsp3) is 0.467. The van der Waals surface area contributed by atoms with Gasteiger partial charge < -0.3 is 10.6 Å². The summed E-state index contributed by atoms with van der Waals surface area (Å²) in [6.07, 6.45) is 4.23. The Morgan fingerprint density at radius 3 is 2.71 bits per heavy atom. The third-order valence-corrected chi connectivity index (χ3v) is 3.79. The number of benzene rings is 1. The molecule has 0 aliphatic carbocycles. The molecule has 1 aromatic heterocycles. The molecule has 1 fully saturated rings. The van der Waals surface area contributed by atoms with Crippen molar-refractivity contribution in [2.24, 2.45) is 0 Å². The highest BCUT2D eigenvalue weighted by Crippen LogP contribution is 2.16. The number of rotatable bonds is 5. The highest BCUT2D eigenvalue weighted by atomic mass is 19.1. The van der Waals surface area contributed by atoms with Gasteiger partial charge in [0.25, 0.3) is 0 Å². The number of nitrogens with one attached hydrogen (secondary N) is 2. The fourth-order valence-corrected chi connectivity index (χ4v) is 2.58. The average Bonchev–Trinajstić information content (AvgIpc) is 2.99. The van der Waals surface area contributed by atoms with Crippen LogP contribution in [0.25, 0.3) is 0 Å². The predicted octanol–water partition coefficient (Wildman–Crippen LogP) is 1.63. The van der Waals surface area contributed by atoms with E-state index in [0.717, 1.165) is 37.2 Å². The molecule has 6 heteroatoms. The van der Waals surface area contributed by atoms with Gasteiger partial charge in [0.05, 0.1) is 17.9 Å². The van der Waals surface area contributed by atoms with Crippen molar-refractivity contribution in [3.05, 3.63) is 47.5 Å². The van der Waals surface area contributed by atoms with E-state index in [4.69, 9.17) is 0 Å². The fourth-order valence-electron chi connectivity index (χ4n) is 2.58. The maximum atomic E-state index is 12.8. The Morgan fingerprint density at radius 1 is 1.19 bits per heavy atom. The van der Waals surface area contributed by atoms with Crippen LogP contribution in [-0.4, -0.2) is 28.1 Å². The molecule has 2 N–H and O–H groups in total. The van der Waals surface area contributed by atoms with E-state index in [9.17, 15) is 4.39 Å². The Kier molecular flexibility index (Phi) is 4.57. The maximum absolute atomic E-state index is 12.8. The van der Waals surface area contributed by atoms with Gasteiger partial charge in [0, 0.05) is 13.1 Å². The molecule has 21 heavy (non-hydrogen) atoms. The lowest BCUT2D eigenvalue weighted by Crippen LogP contribution is -2.29. The maximum Gasteiger partial charge on any atom is 0.123 e. The summed E-state index contributed by atoms with van der Waals surface area (Å²) in [4.78, 5) is 0. The van der Waals surface area contributed by atoms with E-state index in [1.807, 2.05) is 10.9 Å². The first-order valence-corrected chi connectivity index (χ1v) is 7.38. The van der Waals surface area contributed by atoms with Crippen LogP contribution < -0.4 is 10.6 Å². The predicted molar refractivity (Wildman–Crippen MR) is 78.1 cm³/mol. The summed E-state index contributed by atoms with van der Waals surface area (Å²) in [5.74, 6) is -0.205. The van der Waals surface area contributed by atoms with E-state index in [1.165, 1.54) is 12.1 Å². The molecule has 0 saturated carbocycles. The van der Waals surface area contributed by atoms with Crippen LogP contribution in [0, 0.1) is 5.82 Å². The Hall–Kier alpha value is -1.79. The van der Waals surface area contributed by atoms with Gasteiger partial charge in [0.15, 0.2) is 0 Å². The van der Waals surface area contributed by atoms with Crippen LogP contribution in [0.3, 0.4) is 0 Å². The summed E-state index contributed by atoms with van der Waals surface area (Å²) in [6, 6.07) is 6.99. The van der Waals surface area contributed by atoms with Crippen LogP contribution in [0.15, 0.2) is 30.5 Å². The standard InChI is InChI=1S/C15H20FN5/c16-13-3-1-12(2-4-13)9-18-10-14-11-21(20-19-14)15-5-7-17-8-6-15/h1-4,11,15,17-18H,5-10H2. The first-order valence-electron chi connectivity index (χ1n) is 7.38. The molecule has 5 nitrogen and oxygen atoms in total. The van der Waals surface area contributed by atoms with E-state index in [0.29, 0.717) is 19.1 Å². The van der Waals surface area contributed by atoms with Crippen molar-refractivity contribution in [3.8, 4) is 0 Å². The number of halogens is 1. The zero-order valence-corrected chi connectivity index (χ0v) is 11.9. The molecule has 1 aliphatic rings. The third kappa shape index (κ3) is 3.86. The minimum atomic E-state index is -0.205. The molecular weight excluding hydrogens is 269 g/mol. The summed E-state index contributed by atoms with van der Waals surface area (Å²) < 4.78 is 14.8. The zero-order chi connectivity index (χ0) is 14.5. The van der Waals surface area contributed by atoms with E-state index >= 15 is 0 Å². The van der Waals surface area contributed by atoms with Crippen molar-refractivity contribution in [2.45, 2.75) is 32.0 Å². The molecule has 0 amide bonds. The van der Waals surface area contributed by atoms with Crippen LogP contribution in [0.1, 0.15) is 30.1 Å². The molecule has 0 unspecified atom stereocenters. The lowest BCUT2D eigenvalue weighted by Gasteiger charge is -2.22. The lowest BCUT2D eigenvalue weighted by molar-refractivity contribution is 0.337. The van der Waals surface area contributed by atoms with Gasteiger partial charge in [0.2, 0.25) is 0 Å². The molecule has 2 heterocycles. The SMILES string of the molecule is Fc1ccc(CNCc2cn(C3CCNCC3)nn2)cc1. The summed E-state index contributed by atoms with van der Waals surface area (Å²) >= 11 is 0. The van der Waals surface area contributed by atoms with E-state index in [2.05, 4.69) is 20.9 Å². The number of piperidine rings is 1. The van der Waals surface area contributed by atoms with Crippen LogP contribution >= 0.6 is 0 Å². The van der Waals surface area contributed by atoms with Crippen molar-refractivity contribution in [1.82, 2.24) is 25.6 Å². The van der Waals surface area contributed by atoms with Crippen LogP contribution in [0.4, 0.5) is 4.39 Å². The molecule has 0 radical (unpaired) electrons. The number of nitrogens with zero attached hydrogens (tertiary/aromatic N) is 3. The van der Waals surface area contributed by atoms with Crippen molar-refractivity contribution < 1.29 is 4.39 Å². The van der Waals surface area contributed by atoms with Crippen LogP contribution in [0.5, 0.6) is 0 Å². The van der Waals surface area contributed by atoms with Gasteiger partial charge in [-0.1, -0.05) is 17.3 Å².